The van der Waals surface area contributed by atoms with Crippen LogP contribution >= 0.6 is 12.4 Å². The Balaban J connectivity index is 0.00000210. The molecular formula is C19H23ClF2N4O. The molecule has 4 rings (SSSR count). The second-order valence-corrected chi connectivity index (χ2v) is 7.51. The number of fused-ring (bicyclic) bond motifs is 2. The van der Waals surface area contributed by atoms with Gasteiger partial charge in [-0.15, -0.1) is 12.4 Å². The zero-order valence-electron chi connectivity index (χ0n) is 14.8. The highest BCUT2D eigenvalue weighted by Gasteiger charge is 2.40. The van der Waals surface area contributed by atoms with E-state index < -0.39 is 11.6 Å². The average Bonchev–Trinajstić information content (AvgIpc) is 3.02. The summed E-state index contributed by atoms with van der Waals surface area (Å²) in [5.41, 5.74) is 7.07. The summed E-state index contributed by atoms with van der Waals surface area (Å²) in [4.78, 5) is 12.6. The van der Waals surface area contributed by atoms with Crippen LogP contribution < -0.4 is 11.1 Å². The first-order valence-electron chi connectivity index (χ1n) is 9.08. The molecule has 1 amide bonds. The van der Waals surface area contributed by atoms with E-state index in [2.05, 4.69) is 15.5 Å². The van der Waals surface area contributed by atoms with Crippen molar-refractivity contribution >= 4 is 24.1 Å². The predicted octanol–water partition coefficient (Wildman–Crippen LogP) is 3.87. The van der Waals surface area contributed by atoms with Crippen molar-refractivity contribution in [2.24, 2.45) is 23.5 Å². The Morgan fingerprint density at radius 2 is 1.74 bits per heavy atom. The number of benzene rings is 1. The van der Waals surface area contributed by atoms with E-state index in [4.69, 9.17) is 5.73 Å². The van der Waals surface area contributed by atoms with Gasteiger partial charge >= 0.3 is 0 Å². The van der Waals surface area contributed by atoms with E-state index in [1.807, 2.05) is 0 Å². The van der Waals surface area contributed by atoms with Crippen molar-refractivity contribution in [3.63, 3.8) is 0 Å². The number of hydrogen-bond acceptors (Lipinski definition) is 3. The van der Waals surface area contributed by atoms with Crippen LogP contribution in [0.4, 0.5) is 14.6 Å². The van der Waals surface area contributed by atoms with E-state index in [9.17, 15) is 13.6 Å². The number of carbonyl (C=O) groups excluding carboxylic acids is 1. The summed E-state index contributed by atoms with van der Waals surface area (Å²) < 4.78 is 26.7. The number of amides is 1. The van der Waals surface area contributed by atoms with Gasteiger partial charge in [-0.1, -0.05) is 6.42 Å². The molecule has 0 radical (unpaired) electrons. The molecule has 2 saturated carbocycles. The van der Waals surface area contributed by atoms with E-state index in [-0.39, 0.29) is 30.3 Å². The minimum absolute atomic E-state index is 0. The van der Waals surface area contributed by atoms with Gasteiger partial charge in [0.2, 0.25) is 5.91 Å². The monoisotopic (exact) mass is 396 g/mol. The van der Waals surface area contributed by atoms with Crippen LogP contribution in [0.2, 0.25) is 0 Å². The van der Waals surface area contributed by atoms with Crippen LogP contribution in [0.1, 0.15) is 32.1 Å². The lowest BCUT2D eigenvalue weighted by Crippen LogP contribution is -2.48. The van der Waals surface area contributed by atoms with Crippen LogP contribution in [-0.2, 0) is 4.79 Å². The fourth-order valence-corrected chi connectivity index (χ4v) is 4.47. The summed E-state index contributed by atoms with van der Waals surface area (Å²) in [6, 6.07) is 5.04. The molecule has 8 heteroatoms. The molecule has 2 bridgehead atoms. The smallest absolute Gasteiger partial charge is 0.228 e. The molecule has 2 fully saturated rings. The molecule has 146 valence electrons. The molecule has 2 aromatic rings. The summed E-state index contributed by atoms with van der Waals surface area (Å²) in [5, 5.41) is 9.59. The molecule has 2 unspecified atom stereocenters. The highest BCUT2D eigenvalue weighted by molar-refractivity contribution is 5.92. The Morgan fingerprint density at radius 1 is 1.11 bits per heavy atom. The minimum Gasteiger partial charge on any atom is -0.327 e. The van der Waals surface area contributed by atoms with Gasteiger partial charge in [-0.25, -0.2) is 8.78 Å². The second kappa shape index (κ2) is 7.94. The van der Waals surface area contributed by atoms with Crippen molar-refractivity contribution in [3.8, 4) is 11.3 Å². The SMILES string of the molecule is Cl.NC1C2CCCC1CC(C(=O)Nc1cc(-c3cc(F)cc(F)c3)[nH]n1)C2. The molecule has 0 spiro atoms. The van der Waals surface area contributed by atoms with Crippen LogP contribution in [0.25, 0.3) is 11.3 Å². The Bertz CT molecular complexity index is 794. The number of nitrogens with one attached hydrogen (secondary N) is 2. The Kier molecular flexibility index (Phi) is 5.81. The number of carbonyl (C=O) groups is 1. The number of aromatic nitrogens is 2. The Hall–Kier alpha value is -1.99. The molecule has 1 aromatic carbocycles. The first-order chi connectivity index (χ1) is 12.5. The van der Waals surface area contributed by atoms with E-state index in [1.54, 1.807) is 6.07 Å². The number of nitrogens with zero attached hydrogens (tertiary/aromatic N) is 1. The zero-order chi connectivity index (χ0) is 18.3. The second-order valence-electron chi connectivity index (χ2n) is 7.51. The highest BCUT2D eigenvalue weighted by atomic mass is 35.5. The molecule has 1 heterocycles. The van der Waals surface area contributed by atoms with Crippen LogP contribution in [0, 0.1) is 29.4 Å². The topological polar surface area (TPSA) is 83.8 Å². The van der Waals surface area contributed by atoms with E-state index in [0.717, 1.165) is 31.7 Å². The third-order valence-corrected chi connectivity index (χ3v) is 5.79. The fraction of sp³-hybridized carbons (Fsp3) is 0.474. The zero-order valence-corrected chi connectivity index (χ0v) is 15.6. The number of nitrogens with two attached hydrogens (primary N) is 1. The third-order valence-electron chi connectivity index (χ3n) is 5.79. The molecule has 5 nitrogen and oxygen atoms in total. The Morgan fingerprint density at radius 3 is 2.37 bits per heavy atom. The van der Waals surface area contributed by atoms with Crippen molar-refractivity contribution in [2.75, 3.05) is 5.32 Å². The minimum atomic E-state index is -0.662. The van der Waals surface area contributed by atoms with Gasteiger partial charge in [-0.2, -0.15) is 5.10 Å². The lowest BCUT2D eigenvalue weighted by atomic mass is 9.65. The van der Waals surface area contributed by atoms with Crippen LogP contribution in [0.3, 0.4) is 0 Å². The molecule has 4 N–H and O–H groups in total. The van der Waals surface area contributed by atoms with E-state index in [1.165, 1.54) is 18.6 Å². The standard InChI is InChI=1S/C19H22F2N4O.ClH/c20-14-6-12(7-15(21)8-14)16-9-17(25-24-16)23-19(26)13-4-10-2-1-3-11(5-13)18(10)22;/h6-11,13,18H,1-5,22H2,(H2,23,24,25,26);1H. The first-order valence-corrected chi connectivity index (χ1v) is 9.08. The fourth-order valence-electron chi connectivity index (χ4n) is 4.47. The quantitative estimate of drug-likeness (QED) is 0.736. The third kappa shape index (κ3) is 4.14. The van der Waals surface area contributed by atoms with Crippen LogP contribution in [0.5, 0.6) is 0 Å². The lowest BCUT2D eigenvalue weighted by Gasteiger charge is -2.43. The first kappa shape index (κ1) is 19.8. The molecule has 2 atom stereocenters. The van der Waals surface area contributed by atoms with Gasteiger partial charge in [0.05, 0.1) is 5.69 Å². The van der Waals surface area contributed by atoms with Gasteiger partial charge < -0.3 is 11.1 Å². The van der Waals surface area contributed by atoms with E-state index in [0.29, 0.717) is 28.9 Å². The normalized spacial score (nSPS) is 26.9. The molecule has 0 aliphatic heterocycles. The molecule has 2 aliphatic rings. The number of aromatic amines is 1. The highest BCUT2D eigenvalue weighted by Crippen LogP contribution is 2.42. The number of hydrogen-bond donors (Lipinski definition) is 3. The van der Waals surface area contributed by atoms with Gasteiger partial charge in [-0.3, -0.25) is 9.89 Å². The van der Waals surface area contributed by atoms with Gasteiger partial charge in [0.1, 0.15) is 11.6 Å². The average molecular weight is 397 g/mol. The van der Waals surface area contributed by atoms with Gasteiger partial charge in [-0.05, 0) is 49.7 Å². The summed E-state index contributed by atoms with van der Waals surface area (Å²) in [7, 11) is 0. The van der Waals surface area contributed by atoms with E-state index >= 15 is 0 Å². The van der Waals surface area contributed by atoms with Crippen molar-refractivity contribution in [3.05, 3.63) is 35.9 Å². The molecule has 0 saturated heterocycles. The predicted molar refractivity (Wildman–Crippen MR) is 101 cm³/mol. The number of H-pyrrole nitrogens is 1. The largest absolute Gasteiger partial charge is 0.327 e. The number of halogens is 3. The molecule has 27 heavy (non-hydrogen) atoms. The maximum atomic E-state index is 13.4. The maximum absolute atomic E-state index is 13.4. The number of rotatable bonds is 3. The lowest BCUT2D eigenvalue weighted by molar-refractivity contribution is -0.122. The Labute approximate surface area is 162 Å². The molecular weight excluding hydrogens is 374 g/mol. The van der Waals surface area contributed by atoms with Crippen molar-refractivity contribution < 1.29 is 13.6 Å². The molecule has 2 aliphatic carbocycles. The van der Waals surface area contributed by atoms with Crippen molar-refractivity contribution in [1.29, 1.82) is 0 Å². The summed E-state index contributed by atoms with van der Waals surface area (Å²) in [6.07, 6.45) is 5.02. The summed E-state index contributed by atoms with van der Waals surface area (Å²) in [5.74, 6) is -0.245. The van der Waals surface area contributed by atoms with Gasteiger partial charge in [0.15, 0.2) is 5.82 Å². The van der Waals surface area contributed by atoms with Gasteiger partial charge in [0.25, 0.3) is 0 Å². The maximum Gasteiger partial charge on any atom is 0.228 e. The number of anilines is 1. The van der Waals surface area contributed by atoms with Crippen molar-refractivity contribution in [1.82, 2.24) is 10.2 Å². The van der Waals surface area contributed by atoms with Crippen LogP contribution in [-0.4, -0.2) is 22.1 Å². The van der Waals surface area contributed by atoms with Gasteiger partial charge in [0, 0.05) is 29.7 Å². The summed E-state index contributed by atoms with van der Waals surface area (Å²) >= 11 is 0. The van der Waals surface area contributed by atoms with Crippen molar-refractivity contribution in [2.45, 2.75) is 38.1 Å². The summed E-state index contributed by atoms with van der Waals surface area (Å²) in [6.45, 7) is 0. The molecule has 1 aromatic heterocycles. The van der Waals surface area contributed by atoms with Crippen LogP contribution in [0.15, 0.2) is 24.3 Å².